The molecule has 2 aromatic rings. The standard InChI is InChI=1S/C25H29N3O3/c29-23(15-14-22-10-5-2-6-11-22)26-20-25(31)28-18-16-27(17-19-28)24(30)13-7-12-21-8-3-1-4-9-21/h1-6,8-11,14-15H,7,12-13,16-20H2,(H,26,29)/b15-14+. The third-order valence-electron chi connectivity index (χ3n) is 5.32. The van der Waals surface area contributed by atoms with E-state index >= 15 is 0 Å². The quantitative estimate of drug-likeness (QED) is 0.669. The summed E-state index contributed by atoms with van der Waals surface area (Å²) in [5.41, 5.74) is 2.17. The number of piperazine rings is 1. The number of hydrogen-bond acceptors (Lipinski definition) is 3. The summed E-state index contributed by atoms with van der Waals surface area (Å²) >= 11 is 0. The van der Waals surface area contributed by atoms with E-state index in [1.54, 1.807) is 11.0 Å². The molecule has 0 aliphatic carbocycles. The highest BCUT2D eigenvalue weighted by atomic mass is 16.2. The number of aryl methyl sites for hydroxylation is 1. The topological polar surface area (TPSA) is 69.7 Å². The lowest BCUT2D eigenvalue weighted by Crippen LogP contribution is -2.52. The third-order valence-corrected chi connectivity index (χ3v) is 5.32. The molecule has 2 aromatic carbocycles. The van der Waals surface area contributed by atoms with Gasteiger partial charge in [0, 0.05) is 38.7 Å². The number of amides is 3. The Bertz CT molecular complexity index is 889. The first-order valence-corrected chi connectivity index (χ1v) is 10.7. The van der Waals surface area contributed by atoms with Crippen molar-refractivity contribution in [3.05, 3.63) is 77.9 Å². The minimum absolute atomic E-state index is 0.0387. The van der Waals surface area contributed by atoms with E-state index in [4.69, 9.17) is 0 Å². The predicted octanol–water partition coefficient (Wildman–Crippen LogP) is 2.51. The first kappa shape index (κ1) is 22.3. The SMILES string of the molecule is O=C(/C=C/c1ccccc1)NCC(=O)N1CCN(C(=O)CCCc2ccccc2)CC1. The van der Waals surface area contributed by atoms with Gasteiger partial charge in [0.25, 0.3) is 0 Å². The first-order chi connectivity index (χ1) is 15.1. The molecule has 1 aliphatic heterocycles. The van der Waals surface area contributed by atoms with Crippen LogP contribution in [0.5, 0.6) is 0 Å². The summed E-state index contributed by atoms with van der Waals surface area (Å²) in [7, 11) is 0. The second-order valence-corrected chi connectivity index (χ2v) is 7.56. The van der Waals surface area contributed by atoms with Crippen molar-refractivity contribution in [2.45, 2.75) is 19.3 Å². The molecule has 0 bridgehead atoms. The molecule has 1 fully saturated rings. The Morgan fingerprint density at radius 2 is 1.39 bits per heavy atom. The lowest BCUT2D eigenvalue weighted by atomic mass is 10.1. The van der Waals surface area contributed by atoms with Crippen LogP contribution in [-0.2, 0) is 20.8 Å². The van der Waals surface area contributed by atoms with Crippen molar-refractivity contribution in [3.63, 3.8) is 0 Å². The number of nitrogens with zero attached hydrogens (tertiary/aromatic N) is 2. The van der Waals surface area contributed by atoms with E-state index in [1.807, 2.05) is 53.4 Å². The monoisotopic (exact) mass is 419 g/mol. The molecule has 3 rings (SSSR count). The van der Waals surface area contributed by atoms with Gasteiger partial charge in [0.15, 0.2) is 0 Å². The van der Waals surface area contributed by atoms with E-state index in [2.05, 4.69) is 17.4 Å². The maximum atomic E-state index is 12.4. The van der Waals surface area contributed by atoms with Crippen LogP contribution in [0.15, 0.2) is 66.7 Å². The Morgan fingerprint density at radius 1 is 0.806 bits per heavy atom. The fourth-order valence-electron chi connectivity index (χ4n) is 3.52. The van der Waals surface area contributed by atoms with E-state index in [1.165, 1.54) is 11.6 Å². The summed E-state index contributed by atoms with van der Waals surface area (Å²) in [6.45, 7) is 2.04. The Hall–Kier alpha value is -3.41. The second kappa shape index (κ2) is 11.7. The highest BCUT2D eigenvalue weighted by molar-refractivity contribution is 5.94. The Kier molecular flexibility index (Phi) is 8.40. The van der Waals surface area contributed by atoms with Gasteiger partial charge in [-0.2, -0.15) is 0 Å². The molecule has 1 aliphatic rings. The van der Waals surface area contributed by atoms with E-state index in [-0.39, 0.29) is 24.3 Å². The molecule has 0 aromatic heterocycles. The molecule has 6 heteroatoms. The lowest BCUT2D eigenvalue weighted by molar-refractivity contribution is -0.139. The summed E-state index contributed by atoms with van der Waals surface area (Å²) in [5, 5.41) is 2.63. The van der Waals surface area contributed by atoms with Crippen LogP contribution in [0.2, 0.25) is 0 Å². The minimum atomic E-state index is -0.301. The highest BCUT2D eigenvalue weighted by Gasteiger charge is 2.23. The number of carbonyl (C=O) groups is 3. The van der Waals surface area contributed by atoms with Crippen LogP contribution in [0.3, 0.4) is 0 Å². The van der Waals surface area contributed by atoms with E-state index < -0.39 is 0 Å². The number of benzene rings is 2. The maximum absolute atomic E-state index is 12.4. The van der Waals surface area contributed by atoms with Gasteiger partial charge in [-0.15, -0.1) is 0 Å². The lowest BCUT2D eigenvalue weighted by Gasteiger charge is -2.35. The Morgan fingerprint density at radius 3 is 2.03 bits per heavy atom. The van der Waals surface area contributed by atoms with Crippen LogP contribution in [0.4, 0.5) is 0 Å². The largest absolute Gasteiger partial charge is 0.343 e. The van der Waals surface area contributed by atoms with Gasteiger partial charge in [-0.1, -0.05) is 60.7 Å². The molecule has 1 heterocycles. The first-order valence-electron chi connectivity index (χ1n) is 10.7. The molecule has 0 atom stereocenters. The molecule has 0 radical (unpaired) electrons. The zero-order chi connectivity index (χ0) is 21.9. The van der Waals surface area contributed by atoms with Gasteiger partial charge in [0.05, 0.1) is 6.54 Å². The Labute approximate surface area is 183 Å². The third kappa shape index (κ3) is 7.41. The molecule has 162 valence electrons. The van der Waals surface area contributed by atoms with Crippen molar-refractivity contribution in [3.8, 4) is 0 Å². The number of nitrogens with one attached hydrogen (secondary N) is 1. The van der Waals surface area contributed by atoms with Crippen LogP contribution >= 0.6 is 0 Å². The van der Waals surface area contributed by atoms with Gasteiger partial charge in [0.2, 0.25) is 17.7 Å². The number of hydrogen-bond donors (Lipinski definition) is 1. The molecule has 6 nitrogen and oxygen atoms in total. The van der Waals surface area contributed by atoms with Crippen molar-refractivity contribution >= 4 is 23.8 Å². The van der Waals surface area contributed by atoms with Crippen LogP contribution in [0.25, 0.3) is 6.08 Å². The van der Waals surface area contributed by atoms with Crippen molar-refractivity contribution in [2.75, 3.05) is 32.7 Å². The summed E-state index contributed by atoms with van der Waals surface area (Å²) in [5.74, 6) is -0.288. The fraction of sp³-hybridized carbons (Fsp3) is 0.320. The normalized spacial score (nSPS) is 13.9. The van der Waals surface area contributed by atoms with E-state index in [0.29, 0.717) is 32.6 Å². The van der Waals surface area contributed by atoms with Crippen molar-refractivity contribution in [1.29, 1.82) is 0 Å². The summed E-state index contributed by atoms with van der Waals surface area (Å²) in [4.78, 5) is 40.3. The van der Waals surface area contributed by atoms with E-state index in [0.717, 1.165) is 18.4 Å². The summed E-state index contributed by atoms with van der Waals surface area (Å²) in [6.07, 6.45) is 5.37. The number of carbonyl (C=O) groups excluding carboxylic acids is 3. The number of rotatable bonds is 8. The smallest absolute Gasteiger partial charge is 0.244 e. The van der Waals surface area contributed by atoms with Gasteiger partial charge in [-0.3, -0.25) is 14.4 Å². The van der Waals surface area contributed by atoms with E-state index in [9.17, 15) is 14.4 Å². The van der Waals surface area contributed by atoms with Crippen LogP contribution in [0, 0.1) is 0 Å². The zero-order valence-electron chi connectivity index (χ0n) is 17.7. The average Bonchev–Trinajstić information content (AvgIpc) is 2.82. The molecule has 0 unspecified atom stereocenters. The van der Waals surface area contributed by atoms with Crippen molar-refractivity contribution < 1.29 is 14.4 Å². The van der Waals surface area contributed by atoms with Crippen molar-refractivity contribution in [2.24, 2.45) is 0 Å². The van der Waals surface area contributed by atoms with Crippen LogP contribution < -0.4 is 5.32 Å². The molecule has 31 heavy (non-hydrogen) atoms. The molecule has 0 spiro atoms. The van der Waals surface area contributed by atoms with Gasteiger partial charge in [-0.25, -0.2) is 0 Å². The summed E-state index contributed by atoms with van der Waals surface area (Å²) in [6, 6.07) is 19.7. The van der Waals surface area contributed by atoms with Gasteiger partial charge in [0.1, 0.15) is 0 Å². The van der Waals surface area contributed by atoms with Crippen molar-refractivity contribution in [1.82, 2.24) is 15.1 Å². The molecule has 3 amide bonds. The molecule has 1 saturated heterocycles. The van der Waals surface area contributed by atoms with Crippen LogP contribution in [-0.4, -0.2) is 60.2 Å². The molecular weight excluding hydrogens is 390 g/mol. The Balaban J connectivity index is 1.33. The average molecular weight is 420 g/mol. The zero-order valence-corrected chi connectivity index (χ0v) is 17.7. The second-order valence-electron chi connectivity index (χ2n) is 7.56. The van der Waals surface area contributed by atoms with Gasteiger partial charge < -0.3 is 15.1 Å². The molecule has 0 saturated carbocycles. The molecule has 1 N–H and O–H groups in total. The minimum Gasteiger partial charge on any atom is -0.343 e. The molecular formula is C25H29N3O3. The van der Waals surface area contributed by atoms with Crippen LogP contribution in [0.1, 0.15) is 24.0 Å². The fourth-order valence-corrected chi connectivity index (χ4v) is 3.52. The predicted molar refractivity (Wildman–Crippen MR) is 121 cm³/mol. The highest BCUT2D eigenvalue weighted by Crippen LogP contribution is 2.09. The van der Waals surface area contributed by atoms with Gasteiger partial charge in [-0.05, 0) is 30.0 Å². The van der Waals surface area contributed by atoms with Gasteiger partial charge >= 0.3 is 0 Å². The maximum Gasteiger partial charge on any atom is 0.244 e. The summed E-state index contributed by atoms with van der Waals surface area (Å²) < 4.78 is 0.